The molecule has 2 aromatic carbocycles. The van der Waals surface area contributed by atoms with Crippen LogP contribution in [0.1, 0.15) is 15.9 Å². The van der Waals surface area contributed by atoms with Crippen LogP contribution in [0, 0.1) is 0 Å². The number of carbonyl (C=O) groups excluding carboxylic acids is 1. The lowest BCUT2D eigenvalue weighted by molar-refractivity contribution is 0.0956. The molecule has 154 valence electrons. The number of pyridine rings is 1. The van der Waals surface area contributed by atoms with Crippen molar-refractivity contribution >= 4 is 21.6 Å². The third-order valence-electron chi connectivity index (χ3n) is 4.81. The van der Waals surface area contributed by atoms with E-state index >= 15 is 0 Å². The predicted octanol–water partition coefficient (Wildman–Crippen LogP) is 3.00. The van der Waals surface area contributed by atoms with E-state index < -0.39 is 10.0 Å². The minimum absolute atomic E-state index is 0.0355. The number of sulfonamides is 1. The van der Waals surface area contributed by atoms with Gasteiger partial charge in [0, 0.05) is 24.8 Å². The molecule has 1 aliphatic heterocycles. The number of carbonyl (C=O) groups is 1. The monoisotopic (exact) mass is 423 g/mol. The van der Waals surface area contributed by atoms with Crippen molar-refractivity contribution in [2.24, 2.45) is 0 Å². The molecule has 4 rings (SSSR count). The van der Waals surface area contributed by atoms with Gasteiger partial charge in [0.25, 0.3) is 5.91 Å². The van der Waals surface area contributed by atoms with Crippen LogP contribution in [0.15, 0.2) is 73.1 Å². The van der Waals surface area contributed by atoms with Crippen molar-refractivity contribution in [3.8, 4) is 11.5 Å². The van der Waals surface area contributed by atoms with Crippen LogP contribution in [-0.2, 0) is 16.4 Å². The van der Waals surface area contributed by atoms with Crippen LogP contribution < -0.4 is 14.4 Å². The lowest BCUT2D eigenvalue weighted by Gasteiger charge is -2.19. The molecule has 0 fully saturated rings. The maximum absolute atomic E-state index is 12.7. The Bertz CT molecular complexity index is 1130. The second kappa shape index (κ2) is 8.54. The van der Waals surface area contributed by atoms with Gasteiger partial charge in [-0.05, 0) is 54.4 Å². The number of nitrogens with one attached hydrogen (secondary N) is 1. The molecule has 0 saturated heterocycles. The number of rotatable bonds is 7. The molecular formula is C22H21N3O4S. The molecule has 0 unspecified atom stereocenters. The SMILES string of the molecule is O=C(NCCS(=O)(=O)N1CCc2ccccc21)c1ccc(Oc2cccnc2)cc1. The van der Waals surface area contributed by atoms with Gasteiger partial charge in [0.05, 0.1) is 17.6 Å². The van der Waals surface area contributed by atoms with Gasteiger partial charge in [-0.1, -0.05) is 18.2 Å². The molecule has 0 radical (unpaired) electrons. The Morgan fingerprint density at radius 2 is 1.83 bits per heavy atom. The zero-order valence-corrected chi connectivity index (χ0v) is 17.0. The van der Waals surface area contributed by atoms with E-state index in [0.717, 1.165) is 11.3 Å². The van der Waals surface area contributed by atoms with Crippen LogP contribution in [0.3, 0.4) is 0 Å². The van der Waals surface area contributed by atoms with E-state index in [-0.39, 0.29) is 18.2 Å². The largest absolute Gasteiger partial charge is 0.456 e. The summed E-state index contributed by atoms with van der Waals surface area (Å²) in [6, 6.07) is 17.7. The van der Waals surface area contributed by atoms with Crippen molar-refractivity contribution in [1.82, 2.24) is 10.3 Å². The van der Waals surface area contributed by atoms with Crippen LogP contribution in [0.5, 0.6) is 11.5 Å². The van der Waals surface area contributed by atoms with Crippen molar-refractivity contribution in [2.45, 2.75) is 6.42 Å². The first-order chi connectivity index (χ1) is 14.5. The molecule has 0 saturated carbocycles. The molecule has 8 heteroatoms. The van der Waals surface area contributed by atoms with Gasteiger partial charge in [-0.2, -0.15) is 0 Å². The van der Waals surface area contributed by atoms with E-state index in [9.17, 15) is 13.2 Å². The second-order valence-corrected chi connectivity index (χ2v) is 8.85. The number of fused-ring (bicyclic) bond motifs is 1. The third-order valence-corrected chi connectivity index (χ3v) is 6.58. The van der Waals surface area contributed by atoms with E-state index in [0.29, 0.717) is 30.0 Å². The molecule has 0 bridgehead atoms. The standard InChI is InChI=1S/C22H21N3O4S/c26-22(18-7-9-19(10-8-18)29-20-5-3-12-23-16-20)24-13-15-30(27,28)25-14-11-17-4-1-2-6-21(17)25/h1-10,12,16H,11,13-15H2,(H,24,26). The number of ether oxygens (including phenoxy) is 1. The van der Waals surface area contributed by atoms with Gasteiger partial charge >= 0.3 is 0 Å². The smallest absolute Gasteiger partial charge is 0.251 e. The first-order valence-electron chi connectivity index (χ1n) is 9.57. The van der Waals surface area contributed by atoms with Gasteiger partial charge in [-0.3, -0.25) is 14.1 Å². The molecule has 2 heterocycles. The quantitative estimate of drug-likeness (QED) is 0.631. The number of amides is 1. The highest BCUT2D eigenvalue weighted by Crippen LogP contribution is 2.29. The summed E-state index contributed by atoms with van der Waals surface area (Å²) >= 11 is 0. The maximum atomic E-state index is 12.7. The molecule has 0 atom stereocenters. The summed E-state index contributed by atoms with van der Waals surface area (Å²) in [5, 5.41) is 2.68. The number of nitrogens with zero attached hydrogens (tertiary/aromatic N) is 2. The summed E-state index contributed by atoms with van der Waals surface area (Å²) in [6.45, 7) is 0.474. The zero-order chi connectivity index (χ0) is 21.0. The minimum Gasteiger partial charge on any atom is -0.456 e. The van der Waals surface area contributed by atoms with Crippen molar-refractivity contribution in [1.29, 1.82) is 0 Å². The van der Waals surface area contributed by atoms with E-state index in [1.807, 2.05) is 24.3 Å². The number of hydrogen-bond donors (Lipinski definition) is 1. The van der Waals surface area contributed by atoms with Crippen LogP contribution in [-0.4, -0.2) is 38.2 Å². The Labute approximate surface area is 175 Å². The van der Waals surface area contributed by atoms with Gasteiger partial charge in [-0.25, -0.2) is 8.42 Å². The molecule has 1 amide bonds. The number of anilines is 1. The van der Waals surface area contributed by atoms with E-state index in [2.05, 4.69) is 10.3 Å². The summed E-state index contributed by atoms with van der Waals surface area (Å²) in [4.78, 5) is 16.3. The summed E-state index contributed by atoms with van der Waals surface area (Å²) in [5.41, 5.74) is 2.18. The summed E-state index contributed by atoms with van der Waals surface area (Å²) in [6.07, 6.45) is 3.96. The first-order valence-corrected chi connectivity index (χ1v) is 11.2. The van der Waals surface area contributed by atoms with E-state index in [1.54, 1.807) is 48.8 Å². The van der Waals surface area contributed by atoms with Gasteiger partial charge in [0.1, 0.15) is 11.5 Å². The van der Waals surface area contributed by atoms with Crippen LogP contribution in [0.25, 0.3) is 0 Å². The Kier molecular flexibility index (Phi) is 5.67. The Morgan fingerprint density at radius 3 is 2.60 bits per heavy atom. The Hall–Kier alpha value is -3.39. The van der Waals surface area contributed by atoms with Crippen molar-refractivity contribution in [3.05, 3.63) is 84.2 Å². The molecule has 1 aromatic heterocycles. The lowest BCUT2D eigenvalue weighted by Crippen LogP contribution is -2.36. The number of benzene rings is 2. The van der Waals surface area contributed by atoms with Gasteiger partial charge in [-0.15, -0.1) is 0 Å². The van der Waals surface area contributed by atoms with E-state index in [1.165, 1.54) is 4.31 Å². The zero-order valence-electron chi connectivity index (χ0n) is 16.2. The highest BCUT2D eigenvalue weighted by Gasteiger charge is 2.28. The second-order valence-electron chi connectivity index (χ2n) is 6.84. The van der Waals surface area contributed by atoms with Crippen molar-refractivity contribution < 1.29 is 17.9 Å². The Morgan fingerprint density at radius 1 is 1.03 bits per heavy atom. The van der Waals surface area contributed by atoms with Crippen LogP contribution in [0.4, 0.5) is 5.69 Å². The molecule has 3 aromatic rings. The fourth-order valence-corrected chi connectivity index (χ4v) is 4.75. The normalized spacial score (nSPS) is 13.0. The predicted molar refractivity (Wildman–Crippen MR) is 114 cm³/mol. The third kappa shape index (κ3) is 4.44. The molecule has 1 aliphatic rings. The van der Waals surface area contributed by atoms with Gasteiger partial charge < -0.3 is 10.1 Å². The molecule has 30 heavy (non-hydrogen) atoms. The average molecular weight is 423 g/mol. The van der Waals surface area contributed by atoms with Crippen LogP contribution >= 0.6 is 0 Å². The molecular weight excluding hydrogens is 402 g/mol. The highest BCUT2D eigenvalue weighted by atomic mass is 32.2. The topological polar surface area (TPSA) is 88.6 Å². The lowest BCUT2D eigenvalue weighted by atomic mass is 10.2. The van der Waals surface area contributed by atoms with Gasteiger partial charge in [0.15, 0.2) is 0 Å². The average Bonchev–Trinajstić information content (AvgIpc) is 3.20. The molecule has 1 N–H and O–H groups in total. The molecule has 0 aliphatic carbocycles. The van der Waals surface area contributed by atoms with Crippen molar-refractivity contribution in [3.63, 3.8) is 0 Å². The molecule has 7 nitrogen and oxygen atoms in total. The van der Waals surface area contributed by atoms with Crippen molar-refractivity contribution in [2.75, 3.05) is 23.1 Å². The fraction of sp³-hybridized carbons (Fsp3) is 0.182. The van der Waals surface area contributed by atoms with Crippen LogP contribution in [0.2, 0.25) is 0 Å². The number of aromatic nitrogens is 1. The fourth-order valence-electron chi connectivity index (χ4n) is 3.32. The highest BCUT2D eigenvalue weighted by molar-refractivity contribution is 7.92. The van der Waals surface area contributed by atoms with E-state index in [4.69, 9.17) is 4.74 Å². The summed E-state index contributed by atoms with van der Waals surface area (Å²) < 4.78 is 32.4. The summed E-state index contributed by atoms with van der Waals surface area (Å²) in [5.74, 6) is 0.688. The Balaban J connectivity index is 1.31. The molecule has 0 spiro atoms. The summed E-state index contributed by atoms with van der Waals surface area (Å²) in [7, 11) is -3.50. The number of para-hydroxylation sites is 1. The number of hydrogen-bond acceptors (Lipinski definition) is 5. The maximum Gasteiger partial charge on any atom is 0.251 e. The minimum atomic E-state index is -3.50. The first kappa shape index (κ1) is 19.9. The van der Waals surface area contributed by atoms with Gasteiger partial charge in [0.2, 0.25) is 10.0 Å².